The second-order valence-electron chi connectivity index (χ2n) is 3.63. The number of carbonyl (C=O) groups is 3. The summed E-state index contributed by atoms with van der Waals surface area (Å²) in [5.74, 6) is -0.723. The number of rotatable bonds is 4. The summed E-state index contributed by atoms with van der Waals surface area (Å²) in [6, 6.07) is 0.602. The third kappa shape index (κ3) is 3.04. The average molecular weight is 253 g/mol. The van der Waals surface area contributed by atoms with Gasteiger partial charge in [0.05, 0.1) is 6.42 Å². The smallest absolute Gasteiger partial charge is 0.322 e. The lowest BCUT2D eigenvalue weighted by molar-refractivity contribution is -0.126. The highest BCUT2D eigenvalue weighted by molar-refractivity contribution is 7.07. The molecule has 0 spiro atoms. The van der Waals surface area contributed by atoms with Crippen molar-refractivity contribution in [1.82, 2.24) is 16.0 Å². The highest BCUT2D eigenvalue weighted by Gasteiger charge is 2.30. The maximum Gasteiger partial charge on any atom is 0.322 e. The van der Waals surface area contributed by atoms with E-state index in [0.717, 1.165) is 5.56 Å². The van der Waals surface area contributed by atoms with Gasteiger partial charge in [-0.25, -0.2) is 4.79 Å². The summed E-state index contributed by atoms with van der Waals surface area (Å²) in [6.07, 6.45) is -0.0400. The third-order valence-electron chi connectivity index (χ3n) is 2.32. The molecule has 1 unspecified atom stereocenters. The number of amides is 4. The first kappa shape index (κ1) is 11.6. The number of carbonyl (C=O) groups excluding carboxylic acids is 3. The van der Waals surface area contributed by atoms with Gasteiger partial charge in [0.2, 0.25) is 5.91 Å². The summed E-state index contributed by atoms with van der Waals surface area (Å²) >= 11 is 1.55. The van der Waals surface area contributed by atoms with Crippen LogP contribution in [0.15, 0.2) is 16.8 Å². The summed E-state index contributed by atoms with van der Waals surface area (Å²) in [4.78, 5) is 33.5. The van der Waals surface area contributed by atoms with Crippen molar-refractivity contribution in [2.75, 3.05) is 0 Å². The lowest BCUT2D eigenvalue weighted by Gasteiger charge is -2.07. The number of hydrogen-bond donors (Lipinski definition) is 3. The molecule has 1 aliphatic heterocycles. The van der Waals surface area contributed by atoms with Crippen LogP contribution in [0.5, 0.6) is 0 Å². The van der Waals surface area contributed by atoms with Crippen molar-refractivity contribution in [3.05, 3.63) is 22.4 Å². The number of nitrogens with one attached hydrogen (secondary N) is 3. The predicted octanol–water partition coefficient (Wildman–Crippen LogP) is -0.0376. The van der Waals surface area contributed by atoms with E-state index in [2.05, 4.69) is 16.0 Å². The molecule has 1 aromatic rings. The van der Waals surface area contributed by atoms with Gasteiger partial charge >= 0.3 is 6.03 Å². The second kappa shape index (κ2) is 4.96. The summed E-state index contributed by atoms with van der Waals surface area (Å²) < 4.78 is 0. The normalized spacial score (nSPS) is 18.7. The topological polar surface area (TPSA) is 87.3 Å². The first-order valence-corrected chi connectivity index (χ1v) is 5.98. The molecule has 1 fully saturated rings. The molecule has 6 nitrogen and oxygen atoms in total. The zero-order valence-corrected chi connectivity index (χ0v) is 9.67. The van der Waals surface area contributed by atoms with Crippen LogP contribution < -0.4 is 16.0 Å². The van der Waals surface area contributed by atoms with E-state index in [-0.39, 0.29) is 12.3 Å². The molecule has 1 atom stereocenters. The number of urea groups is 1. The third-order valence-corrected chi connectivity index (χ3v) is 3.05. The van der Waals surface area contributed by atoms with Crippen LogP contribution in [0.25, 0.3) is 0 Å². The Labute approximate surface area is 101 Å². The Hall–Kier alpha value is -1.89. The highest BCUT2D eigenvalue weighted by atomic mass is 32.1. The van der Waals surface area contributed by atoms with Crippen molar-refractivity contribution >= 4 is 29.2 Å². The first-order valence-electron chi connectivity index (χ1n) is 5.04. The second-order valence-corrected chi connectivity index (χ2v) is 4.41. The summed E-state index contributed by atoms with van der Waals surface area (Å²) in [6.45, 7) is 0.435. The molecule has 2 heterocycles. The fourth-order valence-corrected chi connectivity index (χ4v) is 2.12. The highest BCUT2D eigenvalue weighted by Crippen LogP contribution is 2.05. The Bertz CT molecular complexity index is 444. The van der Waals surface area contributed by atoms with Crippen molar-refractivity contribution in [2.24, 2.45) is 0 Å². The first-order chi connectivity index (χ1) is 8.15. The van der Waals surface area contributed by atoms with E-state index in [4.69, 9.17) is 0 Å². The molecule has 7 heteroatoms. The maximum absolute atomic E-state index is 11.5. The molecule has 0 aromatic carbocycles. The van der Waals surface area contributed by atoms with Gasteiger partial charge in [-0.3, -0.25) is 14.9 Å². The summed E-state index contributed by atoms with van der Waals surface area (Å²) in [5, 5.41) is 11.0. The van der Waals surface area contributed by atoms with Crippen molar-refractivity contribution < 1.29 is 14.4 Å². The minimum atomic E-state index is -0.759. The Morgan fingerprint density at radius 3 is 2.88 bits per heavy atom. The van der Waals surface area contributed by atoms with E-state index in [1.54, 1.807) is 11.3 Å². The van der Waals surface area contributed by atoms with Crippen molar-refractivity contribution in [2.45, 2.75) is 19.0 Å². The fourth-order valence-electron chi connectivity index (χ4n) is 1.45. The number of hydrogen-bond acceptors (Lipinski definition) is 4. The molecule has 1 aromatic heterocycles. The van der Waals surface area contributed by atoms with E-state index in [9.17, 15) is 14.4 Å². The minimum Gasteiger partial charge on any atom is -0.352 e. The molecule has 4 amide bonds. The quantitative estimate of drug-likeness (QED) is 0.658. The van der Waals surface area contributed by atoms with Crippen LogP contribution in [-0.4, -0.2) is 23.9 Å². The van der Waals surface area contributed by atoms with Gasteiger partial charge in [0.15, 0.2) is 0 Å². The molecule has 90 valence electrons. The Morgan fingerprint density at radius 2 is 2.29 bits per heavy atom. The van der Waals surface area contributed by atoms with Crippen LogP contribution in [-0.2, 0) is 16.1 Å². The van der Waals surface area contributed by atoms with E-state index in [0.29, 0.717) is 6.54 Å². The largest absolute Gasteiger partial charge is 0.352 e. The lowest BCUT2D eigenvalue weighted by atomic mass is 10.2. The van der Waals surface area contributed by atoms with Crippen LogP contribution in [0.1, 0.15) is 12.0 Å². The molecule has 2 rings (SSSR count). The minimum absolute atomic E-state index is 0.0400. The number of imide groups is 1. The lowest BCUT2D eigenvalue weighted by Crippen LogP contribution is -2.35. The van der Waals surface area contributed by atoms with Gasteiger partial charge in [0.25, 0.3) is 5.91 Å². The number of thiophene rings is 1. The average Bonchev–Trinajstić information content (AvgIpc) is 2.87. The SMILES string of the molecule is O=C(CC1NC(=O)NC1=O)NCc1ccsc1. The summed E-state index contributed by atoms with van der Waals surface area (Å²) in [5.41, 5.74) is 1.02. The molecule has 1 saturated heterocycles. The van der Waals surface area contributed by atoms with Gasteiger partial charge in [-0.05, 0) is 22.4 Å². The zero-order valence-electron chi connectivity index (χ0n) is 8.86. The van der Waals surface area contributed by atoms with Crippen LogP contribution in [0.2, 0.25) is 0 Å². The van der Waals surface area contributed by atoms with Gasteiger partial charge in [-0.1, -0.05) is 0 Å². The van der Waals surface area contributed by atoms with Crippen LogP contribution >= 0.6 is 11.3 Å². The monoisotopic (exact) mass is 253 g/mol. The Kier molecular flexibility index (Phi) is 3.38. The van der Waals surface area contributed by atoms with E-state index in [1.807, 2.05) is 16.8 Å². The van der Waals surface area contributed by atoms with E-state index in [1.165, 1.54) is 0 Å². The predicted molar refractivity (Wildman–Crippen MR) is 61.2 cm³/mol. The molecular formula is C10H11N3O3S. The Morgan fingerprint density at radius 1 is 1.47 bits per heavy atom. The molecule has 0 bridgehead atoms. The van der Waals surface area contributed by atoms with Crippen LogP contribution in [0.4, 0.5) is 4.79 Å². The van der Waals surface area contributed by atoms with Gasteiger partial charge < -0.3 is 10.6 Å². The van der Waals surface area contributed by atoms with Crippen LogP contribution in [0.3, 0.4) is 0 Å². The van der Waals surface area contributed by atoms with Gasteiger partial charge in [-0.2, -0.15) is 11.3 Å². The molecular weight excluding hydrogens is 242 g/mol. The van der Waals surface area contributed by atoms with Gasteiger partial charge in [-0.15, -0.1) is 0 Å². The summed E-state index contributed by atoms with van der Waals surface area (Å²) in [7, 11) is 0. The molecule has 3 N–H and O–H groups in total. The molecule has 0 saturated carbocycles. The van der Waals surface area contributed by atoms with E-state index < -0.39 is 18.0 Å². The van der Waals surface area contributed by atoms with Crippen molar-refractivity contribution in [3.63, 3.8) is 0 Å². The van der Waals surface area contributed by atoms with Crippen molar-refractivity contribution in [1.29, 1.82) is 0 Å². The molecule has 1 aliphatic rings. The fraction of sp³-hybridized carbons (Fsp3) is 0.300. The van der Waals surface area contributed by atoms with Gasteiger partial charge in [0, 0.05) is 6.54 Å². The Balaban J connectivity index is 1.78. The van der Waals surface area contributed by atoms with Crippen LogP contribution in [0, 0.1) is 0 Å². The maximum atomic E-state index is 11.5. The molecule has 0 aliphatic carbocycles. The molecule has 0 radical (unpaired) electrons. The molecule has 17 heavy (non-hydrogen) atoms. The van der Waals surface area contributed by atoms with E-state index >= 15 is 0 Å². The zero-order chi connectivity index (χ0) is 12.3. The van der Waals surface area contributed by atoms with Gasteiger partial charge in [0.1, 0.15) is 6.04 Å². The standard InChI is InChI=1S/C10H11N3O3S/c14-8(11-4-6-1-2-17-5-6)3-7-9(15)13-10(16)12-7/h1-2,5,7H,3-4H2,(H,11,14)(H2,12,13,15,16). The van der Waals surface area contributed by atoms with Crippen molar-refractivity contribution in [3.8, 4) is 0 Å².